The fraction of sp³-hybridized carbons (Fsp3) is 0.600. The van der Waals surface area contributed by atoms with Gasteiger partial charge in [-0.25, -0.2) is 0 Å². The number of nitrogens with zero attached hydrogens (tertiary/aromatic N) is 2. The average molecular weight is 274 g/mol. The van der Waals surface area contributed by atoms with Crippen molar-refractivity contribution in [3.63, 3.8) is 0 Å². The van der Waals surface area contributed by atoms with Crippen LogP contribution in [-0.4, -0.2) is 22.2 Å². The highest BCUT2D eigenvalue weighted by Gasteiger charge is 2.05. The second kappa shape index (κ2) is 5.90. The first kappa shape index (κ1) is 12.2. The minimum atomic E-state index is 0.0125. The summed E-state index contributed by atoms with van der Waals surface area (Å²) in [5, 5.41) is 7.03. The van der Waals surface area contributed by atoms with Gasteiger partial charge in [-0.3, -0.25) is 9.48 Å². The largest absolute Gasteiger partial charge is 0.354 e. The van der Waals surface area contributed by atoms with E-state index in [4.69, 9.17) is 0 Å². The molecule has 1 rings (SSSR count). The third kappa shape index (κ3) is 4.03. The zero-order valence-corrected chi connectivity index (χ0v) is 10.7. The number of nitrogens with one attached hydrogen (secondary N) is 1. The fourth-order valence-corrected chi connectivity index (χ4v) is 1.50. The van der Waals surface area contributed by atoms with Gasteiger partial charge in [0.05, 0.1) is 10.2 Å². The van der Waals surface area contributed by atoms with Gasteiger partial charge in [0, 0.05) is 12.7 Å². The Bertz CT molecular complexity index is 316. The van der Waals surface area contributed by atoms with E-state index in [-0.39, 0.29) is 12.5 Å². The van der Waals surface area contributed by atoms with Crippen molar-refractivity contribution in [2.24, 2.45) is 0 Å². The van der Waals surface area contributed by atoms with Crippen LogP contribution in [0.4, 0.5) is 0 Å². The predicted molar refractivity (Wildman–Crippen MR) is 62.6 cm³/mol. The summed E-state index contributed by atoms with van der Waals surface area (Å²) in [5.74, 6) is 0.0125. The van der Waals surface area contributed by atoms with Gasteiger partial charge >= 0.3 is 0 Å². The molecule has 0 spiro atoms. The van der Waals surface area contributed by atoms with Crippen molar-refractivity contribution in [2.45, 2.75) is 33.2 Å². The Morgan fingerprint density at radius 1 is 1.67 bits per heavy atom. The molecule has 0 bridgehead atoms. The number of hydrogen-bond donors (Lipinski definition) is 1. The Balaban J connectivity index is 2.37. The number of halogens is 1. The molecule has 1 heterocycles. The third-order valence-corrected chi connectivity index (χ3v) is 2.82. The Hall–Kier alpha value is -0.840. The number of amides is 1. The van der Waals surface area contributed by atoms with Gasteiger partial charge in [0.15, 0.2) is 0 Å². The van der Waals surface area contributed by atoms with Crippen molar-refractivity contribution < 1.29 is 4.79 Å². The minimum Gasteiger partial charge on any atom is -0.354 e. The molecule has 1 aromatic heterocycles. The van der Waals surface area contributed by atoms with Gasteiger partial charge in [0.1, 0.15) is 6.54 Å². The SMILES string of the molecule is CCCCNC(=O)Cn1cc(Br)c(C)n1. The molecule has 0 saturated carbocycles. The highest BCUT2D eigenvalue weighted by Crippen LogP contribution is 2.12. The number of aromatic nitrogens is 2. The zero-order valence-electron chi connectivity index (χ0n) is 9.09. The molecule has 0 fully saturated rings. The number of hydrogen-bond acceptors (Lipinski definition) is 2. The zero-order chi connectivity index (χ0) is 11.3. The molecular formula is C10H16BrN3O. The highest BCUT2D eigenvalue weighted by molar-refractivity contribution is 9.10. The molecule has 5 heteroatoms. The van der Waals surface area contributed by atoms with Crippen LogP contribution < -0.4 is 5.32 Å². The Morgan fingerprint density at radius 2 is 2.40 bits per heavy atom. The number of carbonyl (C=O) groups excluding carboxylic acids is 1. The summed E-state index contributed by atoms with van der Waals surface area (Å²) in [6.45, 7) is 5.03. The van der Waals surface area contributed by atoms with Crippen molar-refractivity contribution in [3.8, 4) is 0 Å². The molecule has 4 nitrogen and oxygen atoms in total. The van der Waals surface area contributed by atoms with Crippen LogP contribution >= 0.6 is 15.9 Å². The minimum absolute atomic E-state index is 0.0125. The van der Waals surface area contributed by atoms with E-state index in [1.807, 2.05) is 13.1 Å². The molecule has 0 atom stereocenters. The number of carbonyl (C=O) groups is 1. The first-order valence-corrected chi connectivity index (χ1v) is 5.89. The number of rotatable bonds is 5. The van der Waals surface area contributed by atoms with Crippen LogP contribution in [0.2, 0.25) is 0 Å². The number of aryl methyl sites for hydroxylation is 1. The lowest BCUT2D eigenvalue weighted by Gasteiger charge is -2.03. The monoisotopic (exact) mass is 273 g/mol. The Kier molecular flexibility index (Phi) is 4.81. The van der Waals surface area contributed by atoms with Crippen LogP contribution in [0.15, 0.2) is 10.7 Å². The summed E-state index contributed by atoms with van der Waals surface area (Å²) < 4.78 is 2.57. The Labute approximate surface area is 98.2 Å². The molecule has 1 amide bonds. The summed E-state index contributed by atoms with van der Waals surface area (Å²) in [6.07, 6.45) is 3.93. The van der Waals surface area contributed by atoms with E-state index in [0.717, 1.165) is 29.6 Å². The third-order valence-electron chi connectivity index (χ3n) is 2.04. The first-order chi connectivity index (χ1) is 7.13. The van der Waals surface area contributed by atoms with Gasteiger partial charge in [-0.15, -0.1) is 0 Å². The second-order valence-corrected chi connectivity index (χ2v) is 4.32. The van der Waals surface area contributed by atoms with E-state index in [1.165, 1.54) is 0 Å². The van der Waals surface area contributed by atoms with Crippen LogP contribution in [0.3, 0.4) is 0 Å². The van der Waals surface area contributed by atoms with Crippen LogP contribution in [0, 0.1) is 6.92 Å². The topological polar surface area (TPSA) is 46.9 Å². The van der Waals surface area contributed by atoms with Gasteiger partial charge in [-0.1, -0.05) is 13.3 Å². The van der Waals surface area contributed by atoms with E-state index in [2.05, 4.69) is 33.3 Å². The maximum Gasteiger partial charge on any atom is 0.241 e. The van der Waals surface area contributed by atoms with Crippen LogP contribution in [0.5, 0.6) is 0 Å². The smallest absolute Gasteiger partial charge is 0.241 e. The molecule has 1 N–H and O–H groups in total. The lowest BCUT2D eigenvalue weighted by molar-refractivity contribution is -0.121. The van der Waals surface area contributed by atoms with Crippen LogP contribution in [0.1, 0.15) is 25.5 Å². The molecule has 0 radical (unpaired) electrons. The predicted octanol–water partition coefficient (Wildman–Crippen LogP) is 1.87. The van der Waals surface area contributed by atoms with Gasteiger partial charge in [0.2, 0.25) is 5.91 Å². The quantitative estimate of drug-likeness (QED) is 0.833. The highest BCUT2D eigenvalue weighted by atomic mass is 79.9. The van der Waals surface area contributed by atoms with Gasteiger partial charge in [-0.05, 0) is 29.3 Å². The van der Waals surface area contributed by atoms with Crippen molar-refractivity contribution >= 4 is 21.8 Å². The van der Waals surface area contributed by atoms with Crippen LogP contribution in [-0.2, 0) is 11.3 Å². The van der Waals surface area contributed by atoms with Gasteiger partial charge < -0.3 is 5.32 Å². The van der Waals surface area contributed by atoms with E-state index < -0.39 is 0 Å². The molecule has 0 aliphatic heterocycles. The first-order valence-electron chi connectivity index (χ1n) is 5.09. The van der Waals surface area contributed by atoms with Crippen molar-refractivity contribution in [1.29, 1.82) is 0 Å². The summed E-state index contributed by atoms with van der Waals surface area (Å²) >= 11 is 3.35. The maximum absolute atomic E-state index is 11.4. The van der Waals surface area contributed by atoms with Crippen molar-refractivity contribution in [3.05, 3.63) is 16.4 Å². The van der Waals surface area contributed by atoms with E-state index in [1.54, 1.807) is 4.68 Å². The molecule has 1 aromatic rings. The van der Waals surface area contributed by atoms with Crippen LogP contribution in [0.25, 0.3) is 0 Å². The van der Waals surface area contributed by atoms with Gasteiger partial charge in [0.25, 0.3) is 0 Å². The molecule has 84 valence electrons. The lowest BCUT2D eigenvalue weighted by atomic mass is 10.3. The van der Waals surface area contributed by atoms with Crippen molar-refractivity contribution in [1.82, 2.24) is 15.1 Å². The normalized spacial score (nSPS) is 10.3. The summed E-state index contributed by atoms with van der Waals surface area (Å²) in [7, 11) is 0. The Morgan fingerprint density at radius 3 is 2.93 bits per heavy atom. The molecule has 15 heavy (non-hydrogen) atoms. The average Bonchev–Trinajstić information content (AvgIpc) is 2.46. The fourth-order valence-electron chi connectivity index (χ4n) is 1.18. The maximum atomic E-state index is 11.4. The molecule has 0 unspecified atom stereocenters. The summed E-state index contributed by atoms with van der Waals surface area (Å²) in [4.78, 5) is 11.4. The van der Waals surface area contributed by atoms with E-state index in [9.17, 15) is 4.79 Å². The number of unbranched alkanes of at least 4 members (excludes halogenated alkanes) is 1. The molecular weight excluding hydrogens is 258 g/mol. The second-order valence-electron chi connectivity index (χ2n) is 3.46. The van der Waals surface area contributed by atoms with E-state index in [0.29, 0.717) is 0 Å². The standard InChI is InChI=1S/C10H16BrN3O/c1-3-4-5-12-10(15)7-14-6-9(11)8(2)13-14/h6H,3-5,7H2,1-2H3,(H,12,15). The summed E-state index contributed by atoms with van der Waals surface area (Å²) in [6, 6.07) is 0. The van der Waals surface area contributed by atoms with E-state index >= 15 is 0 Å². The van der Waals surface area contributed by atoms with Gasteiger partial charge in [-0.2, -0.15) is 5.10 Å². The molecule has 0 aliphatic carbocycles. The molecule has 0 aliphatic rings. The molecule has 0 saturated heterocycles. The van der Waals surface area contributed by atoms with Crippen molar-refractivity contribution in [2.75, 3.05) is 6.54 Å². The molecule has 0 aromatic carbocycles. The summed E-state index contributed by atoms with van der Waals surface area (Å²) in [5.41, 5.74) is 0.899. The lowest BCUT2D eigenvalue weighted by Crippen LogP contribution is -2.28.